The van der Waals surface area contributed by atoms with Crippen LogP contribution in [0.2, 0.25) is 0 Å². The highest BCUT2D eigenvalue weighted by molar-refractivity contribution is 4.69. The van der Waals surface area contributed by atoms with Crippen molar-refractivity contribution in [3.63, 3.8) is 0 Å². The van der Waals surface area contributed by atoms with E-state index in [2.05, 4.69) is 17.1 Å². The van der Waals surface area contributed by atoms with E-state index in [0.717, 1.165) is 39.3 Å². The third-order valence-electron chi connectivity index (χ3n) is 2.60. The van der Waals surface area contributed by atoms with Crippen molar-refractivity contribution < 1.29 is 9.47 Å². The van der Waals surface area contributed by atoms with Gasteiger partial charge in [-0.2, -0.15) is 0 Å². The second-order valence-corrected chi connectivity index (χ2v) is 3.68. The third kappa shape index (κ3) is 7.73. The fraction of sp³-hybridized carbons (Fsp3) is 1.00. The van der Waals surface area contributed by atoms with Crippen LogP contribution in [0.3, 0.4) is 0 Å². The van der Waals surface area contributed by atoms with Crippen LogP contribution in [0.1, 0.15) is 13.3 Å². The molecule has 0 rings (SSSR count). The van der Waals surface area contributed by atoms with Gasteiger partial charge >= 0.3 is 0 Å². The second kappa shape index (κ2) is 10.4. The quantitative estimate of drug-likeness (QED) is 0.581. The standard InChI is InChI=1S/C11H26N2O2/c1-5-11(12-2)10-13(6-8-14-3)7-9-15-4/h11-12H,5-10H2,1-4H3. The van der Waals surface area contributed by atoms with E-state index in [1.54, 1.807) is 14.2 Å². The average molecular weight is 218 g/mol. The molecule has 0 radical (unpaired) electrons. The lowest BCUT2D eigenvalue weighted by molar-refractivity contribution is 0.108. The molecule has 0 aliphatic heterocycles. The van der Waals surface area contributed by atoms with Gasteiger partial charge in [-0.15, -0.1) is 0 Å². The number of nitrogens with zero attached hydrogens (tertiary/aromatic N) is 1. The van der Waals surface area contributed by atoms with Crippen molar-refractivity contribution in [2.75, 3.05) is 54.1 Å². The topological polar surface area (TPSA) is 33.7 Å². The molecule has 1 unspecified atom stereocenters. The Bertz CT molecular complexity index is 122. The second-order valence-electron chi connectivity index (χ2n) is 3.68. The lowest BCUT2D eigenvalue weighted by Gasteiger charge is -2.26. The largest absolute Gasteiger partial charge is 0.383 e. The van der Waals surface area contributed by atoms with Crippen molar-refractivity contribution in [2.45, 2.75) is 19.4 Å². The molecule has 0 aliphatic rings. The third-order valence-corrected chi connectivity index (χ3v) is 2.60. The molecule has 0 heterocycles. The van der Waals surface area contributed by atoms with Crippen molar-refractivity contribution in [1.29, 1.82) is 0 Å². The van der Waals surface area contributed by atoms with Crippen LogP contribution in [-0.4, -0.2) is 65.1 Å². The Morgan fingerprint density at radius 1 is 1.13 bits per heavy atom. The summed E-state index contributed by atoms with van der Waals surface area (Å²) < 4.78 is 10.2. The van der Waals surface area contributed by atoms with Gasteiger partial charge in [0.1, 0.15) is 0 Å². The molecule has 0 aromatic rings. The molecule has 0 fully saturated rings. The lowest BCUT2D eigenvalue weighted by Crippen LogP contribution is -2.41. The van der Waals surface area contributed by atoms with Gasteiger partial charge in [0, 0.05) is 39.9 Å². The molecule has 1 N–H and O–H groups in total. The molecule has 0 aromatic carbocycles. The number of ether oxygens (including phenoxy) is 2. The summed E-state index contributed by atoms with van der Waals surface area (Å²) in [5.74, 6) is 0. The molecule has 4 nitrogen and oxygen atoms in total. The maximum absolute atomic E-state index is 5.10. The summed E-state index contributed by atoms with van der Waals surface area (Å²) in [4.78, 5) is 2.37. The summed E-state index contributed by atoms with van der Waals surface area (Å²) in [6, 6.07) is 0.554. The highest BCUT2D eigenvalue weighted by Crippen LogP contribution is 1.96. The molecule has 0 spiro atoms. The van der Waals surface area contributed by atoms with Crippen molar-refractivity contribution in [3.8, 4) is 0 Å². The minimum Gasteiger partial charge on any atom is -0.383 e. The van der Waals surface area contributed by atoms with E-state index in [9.17, 15) is 0 Å². The zero-order chi connectivity index (χ0) is 11.5. The summed E-state index contributed by atoms with van der Waals surface area (Å²) in [6.45, 7) is 6.76. The monoisotopic (exact) mass is 218 g/mol. The first-order chi connectivity index (χ1) is 7.28. The average Bonchev–Trinajstić information content (AvgIpc) is 2.28. The minimum absolute atomic E-state index is 0.554. The van der Waals surface area contributed by atoms with Crippen LogP contribution in [0.4, 0.5) is 0 Å². The molecular weight excluding hydrogens is 192 g/mol. The summed E-state index contributed by atoms with van der Waals surface area (Å²) in [7, 11) is 5.49. The Morgan fingerprint density at radius 2 is 1.67 bits per heavy atom. The number of methoxy groups -OCH3 is 2. The molecular formula is C11H26N2O2. The molecule has 1 atom stereocenters. The van der Waals surface area contributed by atoms with E-state index in [-0.39, 0.29) is 0 Å². The summed E-state index contributed by atoms with van der Waals surface area (Å²) in [6.07, 6.45) is 1.15. The number of hydrogen-bond acceptors (Lipinski definition) is 4. The Labute approximate surface area is 93.9 Å². The predicted octanol–water partition coefficient (Wildman–Crippen LogP) is 0.579. The van der Waals surface area contributed by atoms with E-state index < -0.39 is 0 Å². The molecule has 92 valence electrons. The number of hydrogen-bond donors (Lipinski definition) is 1. The molecule has 0 amide bonds. The molecule has 0 saturated carbocycles. The molecule has 15 heavy (non-hydrogen) atoms. The van der Waals surface area contributed by atoms with Gasteiger partial charge in [-0.25, -0.2) is 0 Å². The highest BCUT2D eigenvalue weighted by Gasteiger charge is 2.10. The van der Waals surface area contributed by atoms with Crippen LogP contribution in [0.5, 0.6) is 0 Å². The van der Waals surface area contributed by atoms with Gasteiger partial charge in [0.2, 0.25) is 0 Å². The molecule has 0 aromatic heterocycles. The summed E-state index contributed by atoms with van der Waals surface area (Å²) >= 11 is 0. The van der Waals surface area contributed by atoms with Crippen LogP contribution < -0.4 is 5.32 Å². The highest BCUT2D eigenvalue weighted by atomic mass is 16.5. The molecule has 0 aliphatic carbocycles. The van der Waals surface area contributed by atoms with Crippen molar-refractivity contribution in [3.05, 3.63) is 0 Å². The fourth-order valence-corrected chi connectivity index (χ4v) is 1.47. The van der Waals surface area contributed by atoms with Crippen LogP contribution >= 0.6 is 0 Å². The predicted molar refractivity (Wildman–Crippen MR) is 63.3 cm³/mol. The maximum atomic E-state index is 5.10. The normalized spacial score (nSPS) is 13.4. The first kappa shape index (κ1) is 14.8. The maximum Gasteiger partial charge on any atom is 0.0589 e. The van der Waals surface area contributed by atoms with Gasteiger partial charge in [0.15, 0.2) is 0 Å². The van der Waals surface area contributed by atoms with Crippen LogP contribution in [0, 0.1) is 0 Å². The summed E-state index contributed by atoms with van der Waals surface area (Å²) in [5, 5.41) is 3.31. The van der Waals surface area contributed by atoms with Crippen LogP contribution in [0.25, 0.3) is 0 Å². The SMILES string of the molecule is CCC(CN(CCOC)CCOC)NC. The Hall–Kier alpha value is -0.160. The van der Waals surface area contributed by atoms with Crippen LogP contribution in [-0.2, 0) is 9.47 Å². The molecule has 0 bridgehead atoms. The Balaban J connectivity index is 3.86. The van der Waals surface area contributed by atoms with E-state index >= 15 is 0 Å². The van der Waals surface area contributed by atoms with Gasteiger partial charge in [0.05, 0.1) is 13.2 Å². The minimum atomic E-state index is 0.554. The van der Waals surface area contributed by atoms with Gasteiger partial charge in [0.25, 0.3) is 0 Å². The van der Waals surface area contributed by atoms with E-state index in [1.165, 1.54) is 0 Å². The van der Waals surface area contributed by atoms with E-state index in [1.807, 2.05) is 7.05 Å². The lowest BCUT2D eigenvalue weighted by atomic mass is 10.2. The Morgan fingerprint density at radius 3 is 2.00 bits per heavy atom. The zero-order valence-corrected chi connectivity index (χ0v) is 10.6. The fourth-order valence-electron chi connectivity index (χ4n) is 1.47. The summed E-state index contributed by atoms with van der Waals surface area (Å²) in [5.41, 5.74) is 0. The van der Waals surface area contributed by atoms with Gasteiger partial charge in [-0.1, -0.05) is 6.92 Å². The van der Waals surface area contributed by atoms with E-state index in [0.29, 0.717) is 6.04 Å². The number of nitrogens with one attached hydrogen (secondary N) is 1. The zero-order valence-electron chi connectivity index (χ0n) is 10.6. The van der Waals surface area contributed by atoms with Crippen molar-refractivity contribution in [2.24, 2.45) is 0 Å². The first-order valence-electron chi connectivity index (χ1n) is 5.65. The number of likely N-dealkylation sites (N-methyl/N-ethyl adjacent to an activating group) is 1. The first-order valence-corrected chi connectivity index (χ1v) is 5.65. The van der Waals surface area contributed by atoms with Gasteiger partial charge < -0.3 is 14.8 Å². The van der Waals surface area contributed by atoms with Gasteiger partial charge in [-0.05, 0) is 13.5 Å². The molecule has 0 saturated heterocycles. The van der Waals surface area contributed by atoms with E-state index in [4.69, 9.17) is 9.47 Å². The van der Waals surface area contributed by atoms with Crippen LogP contribution in [0.15, 0.2) is 0 Å². The van der Waals surface area contributed by atoms with Crippen molar-refractivity contribution >= 4 is 0 Å². The smallest absolute Gasteiger partial charge is 0.0589 e. The van der Waals surface area contributed by atoms with Crippen molar-refractivity contribution in [1.82, 2.24) is 10.2 Å². The Kier molecular flexibility index (Phi) is 10.3. The van der Waals surface area contributed by atoms with Gasteiger partial charge in [-0.3, -0.25) is 4.90 Å². The number of rotatable bonds is 10. The molecule has 4 heteroatoms.